The Morgan fingerprint density at radius 3 is 2.34 bits per heavy atom. The highest BCUT2D eigenvalue weighted by Crippen LogP contribution is 2.38. The van der Waals surface area contributed by atoms with Crippen LogP contribution in [0.15, 0.2) is 72.8 Å². The molecule has 3 aromatic rings. The van der Waals surface area contributed by atoms with Crippen LogP contribution in [0, 0.1) is 0 Å². The van der Waals surface area contributed by atoms with Gasteiger partial charge in [-0.1, -0.05) is 48.5 Å². The van der Waals surface area contributed by atoms with Gasteiger partial charge in [-0.05, 0) is 49.5 Å². The Bertz CT molecular complexity index is 1300. The molecule has 0 saturated carbocycles. The highest BCUT2D eigenvalue weighted by molar-refractivity contribution is 6.37. The quantitative estimate of drug-likeness (QED) is 0.344. The van der Waals surface area contributed by atoms with Crippen LogP contribution in [0.2, 0.25) is 0 Å². The molecule has 0 spiro atoms. The van der Waals surface area contributed by atoms with Gasteiger partial charge in [-0.15, -0.1) is 0 Å². The Hall–Kier alpha value is -4.43. The van der Waals surface area contributed by atoms with Crippen molar-refractivity contribution in [2.45, 2.75) is 6.54 Å². The first-order valence-electron chi connectivity index (χ1n) is 11.0. The molecule has 0 aromatic heterocycles. The SMILES string of the molecule is CN(C)Cc1ccc(N/C(=C2\C(=O)Nc3cc(C(=O)OCC(N)=O)ccc32)c2ccccc2)cc1. The van der Waals surface area contributed by atoms with Crippen molar-refractivity contribution in [1.82, 2.24) is 4.90 Å². The molecule has 4 rings (SSSR count). The number of nitrogens with one attached hydrogen (secondary N) is 2. The van der Waals surface area contributed by atoms with E-state index >= 15 is 0 Å². The second-order valence-electron chi connectivity index (χ2n) is 8.43. The summed E-state index contributed by atoms with van der Waals surface area (Å²) < 4.78 is 4.88. The molecule has 8 nitrogen and oxygen atoms in total. The smallest absolute Gasteiger partial charge is 0.338 e. The Labute approximate surface area is 203 Å². The Balaban J connectivity index is 1.72. The standard InChI is InChI=1S/C27H26N4O4/c1-31(2)15-17-8-11-20(12-9-17)29-25(18-6-4-3-5-7-18)24-21-13-10-19(14-22(21)30-26(24)33)27(34)35-16-23(28)32/h3-14,29H,15-16H2,1-2H3,(H2,28,32)(H,30,33)/b25-24-. The van der Waals surface area contributed by atoms with E-state index in [1.807, 2.05) is 68.7 Å². The highest BCUT2D eigenvalue weighted by Gasteiger charge is 2.29. The molecular weight excluding hydrogens is 444 g/mol. The van der Waals surface area contributed by atoms with Crippen LogP contribution in [0.25, 0.3) is 11.3 Å². The first-order valence-corrected chi connectivity index (χ1v) is 11.0. The van der Waals surface area contributed by atoms with E-state index in [9.17, 15) is 14.4 Å². The summed E-state index contributed by atoms with van der Waals surface area (Å²) in [5.41, 5.74) is 10.3. The van der Waals surface area contributed by atoms with Crippen LogP contribution in [0.5, 0.6) is 0 Å². The summed E-state index contributed by atoms with van der Waals surface area (Å²) in [4.78, 5) is 38.3. The maximum Gasteiger partial charge on any atom is 0.338 e. The number of benzene rings is 3. The summed E-state index contributed by atoms with van der Waals surface area (Å²) >= 11 is 0. The molecule has 0 radical (unpaired) electrons. The Morgan fingerprint density at radius 1 is 0.971 bits per heavy atom. The molecule has 35 heavy (non-hydrogen) atoms. The molecule has 1 aliphatic heterocycles. The molecule has 0 fully saturated rings. The molecule has 0 atom stereocenters. The van der Waals surface area contributed by atoms with Gasteiger partial charge in [0.25, 0.3) is 11.8 Å². The second-order valence-corrected chi connectivity index (χ2v) is 8.43. The summed E-state index contributed by atoms with van der Waals surface area (Å²) in [7, 11) is 4.03. The van der Waals surface area contributed by atoms with Crippen molar-refractivity contribution in [2.24, 2.45) is 5.73 Å². The number of esters is 1. The van der Waals surface area contributed by atoms with Crippen molar-refractivity contribution in [2.75, 3.05) is 31.3 Å². The van der Waals surface area contributed by atoms with Crippen LogP contribution in [0.3, 0.4) is 0 Å². The summed E-state index contributed by atoms with van der Waals surface area (Å²) in [6.07, 6.45) is 0. The van der Waals surface area contributed by atoms with Crippen molar-refractivity contribution >= 4 is 40.4 Å². The third-order valence-corrected chi connectivity index (χ3v) is 5.38. The van der Waals surface area contributed by atoms with E-state index < -0.39 is 18.5 Å². The third-order valence-electron chi connectivity index (χ3n) is 5.38. The normalized spacial score (nSPS) is 13.7. The van der Waals surface area contributed by atoms with Gasteiger partial charge in [-0.3, -0.25) is 9.59 Å². The van der Waals surface area contributed by atoms with Crippen molar-refractivity contribution in [3.63, 3.8) is 0 Å². The van der Waals surface area contributed by atoms with E-state index in [4.69, 9.17) is 10.5 Å². The van der Waals surface area contributed by atoms with E-state index in [0.717, 1.165) is 17.8 Å². The molecule has 0 unspecified atom stereocenters. The van der Waals surface area contributed by atoms with Gasteiger partial charge in [0.15, 0.2) is 6.61 Å². The molecule has 178 valence electrons. The van der Waals surface area contributed by atoms with E-state index in [-0.39, 0.29) is 11.5 Å². The van der Waals surface area contributed by atoms with Gasteiger partial charge in [0, 0.05) is 17.8 Å². The lowest BCUT2D eigenvalue weighted by Gasteiger charge is -2.16. The fourth-order valence-corrected chi connectivity index (χ4v) is 3.85. The largest absolute Gasteiger partial charge is 0.452 e. The number of primary amides is 1. The van der Waals surface area contributed by atoms with Gasteiger partial charge in [0.05, 0.1) is 22.5 Å². The van der Waals surface area contributed by atoms with E-state index in [1.54, 1.807) is 12.1 Å². The van der Waals surface area contributed by atoms with E-state index in [1.165, 1.54) is 11.6 Å². The van der Waals surface area contributed by atoms with Crippen LogP contribution in [-0.4, -0.2) is 43.4 Å². The lowest BCUT2D eigenvalue weighted by Crippen LogP contribution is -2.20. The van der Waals surface area contributed by atoms with E-state index in [2.05, 4.69) is 15.5 Å². The molecule has 1 heterocycles. The average Bonchev–Trinajstić information content (AvgIpc) is 3.17. The molecule has 0 aliphatic carbocycles. The highest BCUT2D eigenvalue weighted by atomic mass is 16.5. The van der Waals surface area contributed by atoms with Gasteiger partial charge in [0.2, 0.25) is 0 Å². The number of amides is 2. The van der Waals surface area contributed by atoms with E-state index in [0.29, 0.717) is 22.5 Å². The van der Waals surface area contributed by atoms with Crippen molar-refractivity contribution in [1.29, 1.82) is 0 Å². The van der Waals surface area contributed by atoms with Crippen LogP contribution < -0.4 is 16.4 Å². The van der Waals surface area contributed by atoms with Gasteiger partial charge in [-0.2, -0.15) is 0 Å². The summed E-state index contributed by atoms with van der Waals surface area (Å²) in [5.74, 6) is -1.73. The molecule has 3 aromatic carbocycles. The fourth-order valence-electron chi connectivity index (χ4n) is 3.85. The zero-order valence-electron chi connectivity index (χ0n) is 19.5. The van der Waals surface area contributed by atoms with Crippen LogP contribution in [0.4, 0.5) is 11.4 Å². The van der Waals surface area contributed by atoms with Crippen molar-refractivity contribution < 1.29 is 19.1 Å². The van der Waals surface area contributed by atoms with Gasteiger partial charge < -0.3 is 26.0 Å². The molecule has 0 saturated heterocycles. The molecule has 0 bridgehead atoms. The zero-order chi connectivity index (χ0) is 24.9. The topological polar surface area (TPSA) is 114 Å². The first-order chi connectivity index (χ1) is 16.8. The Kier molecular flexibility index (Phi) is 6.93. The number of nitrogens with zero attached hydrogens (tertiary/aromatic N) is 1. The first kappa shape index (κ1) is 23.7. The van der Waals surface area contributed by atoms with Gasteiger partial charge in [0.1, 0.15) is 0 Å². The average molecular weight is 471 g/mol. The zero-order valence-corrected chi connectivity index (χ0v) is 19.5. The number of carbonyl (C=O) groups is 3. The minimum absolute atomic E-state index is 0.206. The fraction of sp³-hybridized carbons (Fsp3) is 0.148. The second kappa shape index (κ2) is 10.2. The lowest BCUT2D eigenvalue weighted by atomic mass is 9.99. The number of carbonyl (C=O) groups excluding carboxylic acids is 3. The molecule has 8 heteroatoms. The molecular formula is C27H26N4O4. The number of hydrogen-bond acceptors (Lipinski definition) is 6. The molecule has 4 N–H and O–H groups in total. The third kappa shape index (κ3) is 5.56. The Morgan fingerprint density at radius 2 is 1.69 bits per heavy atom. The monoisotopic (exact) mass is 470 g/mol. The van der Waals surface area contributed by atoms with Crippen LogP contribution >= 0.6 is 0 Å². The maximum absolute atomic E-state index is 13.1. The van der Waals surface area contributed by atoms with Crippen LogP contribution in [-0.2, 0) is 20.9 Å². The molecule has 2 amide bonds. The van der Waals surface area contributed by atoms with Gasteiger partial charge in [-0.25, -0.2) is 4.79 Å². The maximum atomic E-state index is 13.1. The number of hydrogen-bond donors (Lipinski definition) is 3. The van der Waals surface area contributed by atoms with Crippen LogP contribution in [0.1, 0.15) is 27.0 Å². The predicted molar refractivity (Wildman–Crippen MR) is 135 cm³/mol. The predicted octanol–water partition coefficient (Wildman–Crippen LogP) is 3.32. The molecule has 1 aliphatic rings. The number of nitrogens with two attached hydrogens (primary N) is 1. The lowest BCUT2D eigenvalue weighted by molar-refractivity contribution is -0.121. The van der Waals surface area contributed by atoms with Crippen molar-refractivity contribution in [3.05, 3.63) is 95.1 Å². The number of ether oxygens (including phenoxy) is 1. The van der Waals surface area contributed by atoms with Crippen molar-refractivity contribution in [3.8, 4) is 0 Å². The minimum atomic E-state index is -0.744. The summed E-state index contributed by atoms with van der Waals surface area (Å²) in [6.45, 7) is 0.315. The van der Waals surface area contributed by atoms with Gasteiger partial charge >= 0.3 is 5.97 Å². The number of fused-ring (bicyclic) bond motifs is 1. The summed E-state index contributed by atoms with van der Waals surface area (Å²) in [6, 6.07) is 22.4. The summed E-state index contributed by atoms with van der Waals surface area (Å²) in [5, 5.41) is 6.25. The number of anilines is 2. The minimum Gasteiger partial charge on any atom is -0.452 e. The number of rotatable bonds is 8.